The minimum atomic E-state index is -2.33. The van der Waals surface area contributed by atoms with E-state index >= 15 is 0 Å². The minimum absolute atomic E-state index is 0. The molecule has 10 heavy (non-hydrogen) atoms. The molecular weight excluding hydrogens is 166 g/mol. The fourth-order valence-corrected chi connectivity index (χ4v) is 0.167. The Labute approximate surface area is 86.3 Å². The summed E-state index contributed by atoms with van der Waals surface area (Å²) >= 11 is 0. The summed E-state index contributed by atoms with van der Waals surface area (Å²) in [5.41, 5.74) is 0. The van der Waals surface area contributed by atoms with Crippen LogP contribution in [0.4, 0.5) is 4.79 Å². The van der Waals surface area contributed by atoms with Crippen molar-refractivity contribution in [1.29, 1.82) is 0 Å². The van der Waals surface area contributed by atoms with Gasteiger partial charge in [-0.15, -0.1) is 0 Å². The van der Waals surface area contributed by atoms with E-state index in [0.29, 0.717) is 0 Å². The Hall–Kier alpha value is -0.330. The van der Waals surface area contributed by atoms with Crippen LogP contribution in [-0.2, 0) is 0 Å². The Morgan fingerprint density at radius 3 is 2.10 bits per heavy atom. The van der Waals surface area contributed by atoms with E-state index in [9.17, 15) is 0 Å². The Morgan fingerprint density at radius 1 is 1.50 bits per heavy atom. The standard InChI is InChI=1S/C2H3N3.CH2O3.Ca/c1-3-2-5-4-1;2-1(3)4;/h1-2H,(H,3,4,5);(H2,2,3,4);/q;;+2/p-2. The number of carboxylic acid groups (broad SMARTS) is 2. The molecule has 0 aliphatic rings. The number of hydrogen-bond acceptors (Lipinski definition) is 5. The molecule has 50 valence electrons. The second kappa shape index (κ2) is 8.67. The largest absolute Gasteiger partial charge is 2.00 e. The minimum Gasteiger partial charge on any atom is -0.652 e. The predicted octanol–water partition coefficient (Wildman–Crippen LogP) is -3.02. The first-order valence-corrected chi connectivity index (χ1v) is 1.90. The van der Waals surface area contributed by atoms with Gasteiger partial charge in [-0.25, -0.2) is 4.98 Å². The maximum atomic E-state index is 8.33. The molecule has 0 atom stereocenters. The molecule has 0 saturated heterocycles. The van der Waals surface area contributed by atoms with E-state index in [0.717, 1.165) is 0 Å². The van der Waals surface area contributed by atoms with E-state index in [1.807, 2.05) is 0 Å². The van der Waals surface area contributed by atoms with Crippen LogP contribution in [0.3, 0.4) is 0 Å². The maximum Gasteiger partial charge on any atom is 2.00 e. The van der Waals surface area contributed by atoms with Crippen LogP contribution in [0.2, 0.25) is 0 Å². The molecule has 0 fully saturated rings. The van der Waals surface area contributed by atoms with E-state index in [1.54, 1.807) is 0 Å². The van der Waals surface area contributed by atoms with Crippen molar-refractivity contribution < 1.29 is 15.0 Å². The van der Waals surface area contributed by atoms with Gasteiger partial charge >= 0.3 is 37.7 Å². The molecule has 0 aromatic carbocycles. The second-order valence-corrected chi connectivity index (χ2v) is 0.902. The summed E-state index contributed by atoms with van der Waals surface area (Å²) in [5.74, 6) is 0. The Kier molecular flexibility index (Phi) is 10.7. The van der Waals surface area contributed by atoms with Crippen LogP contribution < -0.4 is 10.2 Å². The molecule has 0 unspecified atom stereocenters. The summed E-state index contributed by atoms with van der Waals surface area (Å²) in [5, 5.41) is 22.7. The fraction of sp³-hybridized carbons (Fsp3) is 0. The number of carbonyl (C=O) groups is 1. The third-order valence-corrected chi connectivity index (χ3v) is 0.331. The zero-order valence-electron chi connectivity index (χ0n) is 4.98. The van der Waals surface area contributed by atoms with Crippen molar-refractivity contribution in [2.24, 2.45) is 0 Å². The first-order chi connectivity index (χ1) is 4.23. The molecule has 7 heteroatoms. The van der Waals surface area contributed by atoms with E-state index in [2.05, 4.69) is 15.2 Å². The number of H-pyrrole nitrogens is 1. The van der Waals surface area contributed by atoms with Crippen LogP contribution in [-0.4, -0.2) is 59.1 Å². The molecule has 0 radical (unpaired) electrons. The topological polar surface area (TPSA) is 105 Å². The second-order valence-electron chi connectivity index (χ2n) is 0.902. The monoisotopic (exact) mass is 169 g/mol. The zero-order valence-corrected chi connectivity index (χ0v) is 7.19. The molecule has 1 N–H and O–H groups in total. The van der Waals surface area contributed by atoms with Crippen molar-refractivity contribution in [2.45, 2.75) is 0 Å². The number of nitrogens with one attached hydrogen (secondary N) is 1. The molecule has 1 aromatic rings. The van der Waals surface area contributed by atoms with Gasteiger partial charge in [0.2, 0.25) is 0 Å². The molecule has 0 spiro atoms. The van der Waals surface area contributed by atoms with Crippen LogP contribution in [0.1, 0.15) is 0 Å². The quantitative estimate of drug-likeness (QED) is 0.416. The number of aromatic nitrogens is 3. The molecular formula is C3H3CaN3O3. The molecule has 1 heterocycles. The van der Waals surface area contributed by atoms with Crippen molar-refractivity contribution in [3.63, 3.8) is 0 Å². The van der Waals surface area contributed by atoms with Gasteiger partial charge in [0, 0.05) is 0 Å². The Balaban J connectivity index is 0. The molecule has 6 nitrogen and oxygen atoms in total. The SMILES string of the molecule is O=C([O-])[O-].[Ca+2].c1nc[nH]n1. The van der Waals surface area contributed by atoms with E-state index in [4.69, 9.17) is 15.0 Å². The van der Waals surface area contributed by atoms with Crippen molar-refractivity contribution in [2.75, 3.05) is 0 Å². The summed E-state index contributed by atoms with van der Waals surface area (Å²) in [6.45, 7) is 0. The van der Waals surface area contributed by atoms with Gasteiger partial charge in [-0.1, -0.05) is 0 Å². The molecule has 0 saturated carbocycles. The zero-order chi connectivity index (χ0) is 7.11. The average molecular weight is 169 g/mol. The van der Waals surface area contributed by atoms with E-state index < -0.39 is 6.16 Å². The Morgan fingerprint density at radius 2 is 2.00 bits per heavy atom. The predicted molar refractivity (Wildman–Crippen MR) is 27.5 cm³/mol. The summed E-state index contributed by atoms with van der Waals surface area (Å²) < 4.78 is 0. The molecule has 1 rings (SSSR count). The van der Waals surface area contributed by atoms with E-state index in [1.165, 1.54) is 12.7 Å². The van der Waals surface area contributed by atoms with Gasteiger partial charge in [0.1, 0.15) is 12.7 Å². The van der Waals surface area contributed by atoms with Crippen molar-refractivity contribution in [3.05, 3.63) is 12.7 Å². The van der Waals surface area contributed by atoms with Crippen molar-refractivity contribution >= 4 is 43.9 Å². The molecule has 0 bridgehead atoms. The number of carbonyl (C=O) groups excluding carboxylic acids is 1. The van der Waals surface area contributed by atoms with Gasteiger partial charge in [0.05, 0.1) is 0 Å². The summed E-state index contributed by atoms with van der Waals surface area (Å²) in [7, 11) is 0. The number of nitrogens with zero attached hydrogens (tertiary/aromatic N) is 2. The van der Waals surface area contributed by atoms with Crippen molar-refractivity contribution in [1.82, 2.24) is 15.2 Å². The van der Waals surface area contributed by atoms with Gasteiger partial charge < -0.3 is 15.0 Å². The normalized spacial score (nSPS) is 6.40. The van der Waals surface area contributed by atoms with Crippen LogP contribution in [0.5, 0.6) is 0 Å². The van der Waals surface area contributed by atoms with Gasteiger partial charge in [-0.3, -0.25) is 5.10 Å². The first kappa shape index (κ1) is 12.4. The van der Waals surface area contributed by atoms with Gasteiger partial charge in [-0.05, 0) is 6.16 Å². The summed E-state index contributed by atoms with van der Waals surface area (Å²) in [4.78, 5) is 11.9. The van der Waals surface area contributed by atoms with Crippen LogP contribution in [0.15, 0.2) is 12.7 Å². The fourth-order valence-electron chi connectivity index (χ4n) is 0.167. The summed E-state index contributed by atoms with van der Waals surface area (Å²) in [6, 6.07) is 0. The number of aromatic amines is 1. The van der Waals surface area contributed by atoms with Gasteiger partial charge in [0.15, 0.2) is 0 Å². The molecule has 0 amide bonds. The smallest absolute Gasteiger partial charge is 0.652 e. The third-order valence-electron chi connectivity index (χ3n) is 0.331. The summed E-state index contributed by atoms with van der Waals surface area (Å²) in [6.07, 6.45) is 0.625. The van der Waals surface area contributed by atoms with Crippen LogP contribution in [0.25, 0.3) is 0 Å². The van der Waals surface area contributed by atoms with Crippen LogP contribution >= 0.6 is 0 Å². The van der Waals surface area contributed by atoms with E-state index in [-0.39, 0.29) is 37.7 Å². The van der Waals surface area contributed by atoms with Gasteiger partial charge in [0.25, 0.3) is 0 Å². The van der Waals surface area contributed by atoms with Crippen LogP contribution in [0, 0.1) is 0 Å². The van der Waals surface area contributed by atoms with Crippen molar-refractivity contribution in [3.8, 4) is 0 Å². The molecule has 1 aromatic heterocycles. The molecule has 0 aliphatic heterocycles. The number of rotatable bonds is 0. The first-order valence-electron chi connectivity index (χ1n) is 1.90. The third kappa shape index (κ3) is 15.6. The van der Waals surface area contributed by atoms with Gasteiger partial charge in [-0.2, -0.15) is 5.10 Å². The Bertz CT molecular complexity index is 133. The maximum absolute atomic E-state index is 8.33. The average Bonchev–Trinajstić information content (AvgIpc) is 2.11. The number of hydrogen-bond donors (Lipinski definition) is 1. The molecule has 0 aliphatic carbocycles.